The molecule has 0 unspecified atom stereocenters. The summed E-state index contributed by atoms with van der Waals surface area (Å²) < 4.78 is 5.76. The first-order chi connectivity index (χ1) is 13.3. The fourth-order valence-electron chi connectivity index (χ4n) is 2.95. The van der Waals surface area contributed by atoms with Gasteiger partial charge in [-0.15, -0.1) is 0 Å². The third-order valence-electron chi connectivity index (χ3n) is 4.29. The Balaban J connectivity index is 2.06. The van der Waals surface area contributed by atoms with Crippen LogP contribution in [-0.2, 0) is 9.59 Å². The zero-order chi connectivity index (χ0) is 20.4. The molecule has 6 nitrogen and oxygen atoms in total. The lowest BCUT2D eigenvalue weighted by Gasteiger charge is -2.28. The topological polar surface area (TPSA) is 75.7 Å². The van der Waals surface area contributed by atoms with E-state index in [1.54, 1.807) is 31.2 Å². The molecule has 4 amide bonds. The molecule has 0 saturated carbocycles. The van der Waals surface area contributed by atoms with Gasteiger partial charge in [-0.25, -0.2) is 9.69 Å². The second-order valence-corrected chi connectivity index (χ2v) is 6.95. The number of nitrogens with one attached hydrogen (secondary N) is 1. The Labute approximate surface area is 163 Å². The summed E-state index contributed by atoms with van der Waals surface area (Å²) in [7, 11) is 0. The van der Waals surface area contributed by atoms with E-state index in [2.05, 4.69) is 5.32 Å². The summed E-state index contributed by atoms with van der Waals surface area (Å²) in [6, 6.07) is 11.8. The molecular formula is C22H22N2O4. The maximum absolute atomic E-state index is 13.1. The molecule has 0 bridgehead atoms. The van der Waals surface area contributed by atoms with Crippen LogP contribution in [0.4, 0.5) is 10.5 Å². The molecule has 1 aliphatic rings. The van der Waals surface area contributed by atoms with E-state index >= 15 is 0 Å². The van der Waals surface area contributed by atoms with Crippen molar-refractivity contribution >= 4 is 29.6 Å². The van der Waals surface area contributed by atoms with Gasteiger partial charge < -0.3 is 4.74 Å². The Morgan fingerprint density at radius 2 is 1.75 bits per heavy atom. The average molecular weight is 378 g/mol. The molecule has 1 N–H and O–H groups in total. The van der Waals surface area contributed by atoms with Crippen LogP contribution in [0.2, 0.25) is 0 Å². The van der Waals surface area contributed by atoms with Crippen molar-refractivity contribution < 1.29 is 19.1 Å². The highest BCUT2D eigenvalue weighted by atomic mass is 16.5. The van der Waals surface area contributed by atoms with E-state index in [9.17, 15) is 14.4 Å². The van der Waals surface area contributed by atoms with Crippen molar-refractivity contribution in [1.82, 2.24) is 5.32 Å². The van der Waals surface area contributed by atoms with Gasteiger partial charge >= 0.3 is 6.03 Å². The molecular weight excluding hydrogens is 356 g/mol. The number of amides is 4. The first-order valence-corrected chi connectivity index (χ1v) is 9.02. The Morgan fingerprint density at radius 3 is 2.46 bits per heavy atom. The Bertz CT molecular complexity index is 992. The fraction of sp³-hybridized carbons (Fsp3) is 0.227. The van der Waals surface area contributed by atoms with E-state index in [1.165, 1.54) is 6.08 Å². The number of para-hydroxylation sites is 1. The highest BCUT2D eigenvalue weighted by Crippen LogP contribution is 2.28. The van der Waals surface area contributed by atoms with Crippen LogP contribution in [0.3, 0.4) is 0 Å². The molecule has 0 aromatic heterocycles. The van der Waals surface area contributed by atoms with Gasteiger partial charge in [-0.3, -0.25) is 14.9 Å². The lowest BCUT2D eigenvalue weighted by molar-refractivity contribution is -0.122. The summed E-state index contributed by atoms with van der Waals surface area (Å²) in [5.74, 6) is -0.835. The van der Waals surface area contributed by atoms with Gasteiger partial charge in [0, 0.05) is 5.56 Å². The number of aryl methyl sites for hydroxylation is 2. The first-order valence-electron chi connectivity index (χ1n) is 9.02. The molecule has 1 fully saturated rings. The standard InChI is InChI=1S/C22H22N2O4/c1-13(2)28-19-8-6-5-7-16(19)12-17-20(25)23-22(27)24(21(17)26)18-11-14(3)9-10-15(18)4/h5-13H,1-4H3,(H,23,25,27)/b17-12+. The number of carbonyl (C=O) groups is 3. The zero-order valence-electron chi connectivity index (χ0n) is 16.3. The van der Waals surface area contributed by atoms with E-state index in [0.29, 0.717) is 17.0 Å². The number of imide groups is 2. The summed E-state index contributed by atoms with van der Waals surface area (Å²) in [5.41, 5.74) is 2.57. The van der Waals surface area contributed by atoms with Crippen LogP contribution in [-0.4, -0.2) is 23.9 Å². The fourth-order valence-corrected chi connectivity index (χ4v) is 2.95. The summed E-state index contributed by atoms with van der Waals surface area (Å²) >= 11 is 0. The van der Waals surface area contributed by atoms with Gasteiger partial charge in [-0.2, -0.15) is 0 Å². The predicted molar refractivity (Wildman–Crippen MR) is 107 cm³/mol. The molecule has 1 heterocycles. The molecule has 2 aromatic rings. The number of hydrogen-bond acceptors (Lipinski definition) is 4. The number of anilines is 1. The van der Waals surface area contributed by atoms with Crippen LogP contribution >= 0.6 is 0 Å². The molecule has 1 aliphatic heterocycles. The summed E-state index contributed by atoms with van der Waals surface area (Å²) in [5, 5.41) is 2.25. The van der Waals surface area contributed by atoms with Crippen LogP contribution in [0, 0.1) is 13.8 Å². The molecule has 0 radical (unpaired) electrons. The molecule has 6 heteroatoms. The van der Waals surface area contributed by atoms with Crippen molar-refractivity contribution in [3.63, 3.8) is 0 Å². The number of barbiturate groups is 1. The van der Waals surface area contributed by atoms with Gasteiger partial charge in [-0.1, -0.05) is 30.3 Å². The zero-order valence-corrected chi connectivity index (χ0v) is 16.3. The third kappa shape index (κ3) is 3.81. The quantitative estimate of drug-likeness (QED) is 0.649. The van der Waals surface area contributed by atoms with Crippen molar-refractivity contribution in [2.45, 2.75) is 33.8 Å². The second kappa shape index (κ2) is 7.68. The first kappa shape index (κ1) is 19.4. The van der Waals surface area contributed by atoms with Crippen LogP contribution < -0.4 is 15.0 Å². The van der Waals surface area contributed by atoms with Crippen molar-refractivity contribution in [3.05, 3.63) is 64.7 Å². The lowest BCUT2D eigenvalue weighted by Crippen LogP contribution is -2.54. The highest BCUT2D eigenvalue weighted by molar-refractivity contribution is 6.39. The van der Waals surface area contributed by atoms with Gasteiger partial charge in [0.05, 0.1) is 11.8 Å². The predicted octanol–water partition coefficient (Wildman–Crippen LogP) is 3.76. The summed E-state index contributed by atoms with van der Waals surface area (Å²) in [4.78, 5) is 38.9. The molecule has 1 saturated heterocycles. The maximum atomic E-state index is 13.1. The van der Waals surface area contributed by atoms with Crippen molar-refractivity contribution in [2.75, 3.05) is 4.90 Å². The summed E-state index contributed by atoms with van der Waals surface area (Å²) in [6.07, 6.45) is 1.39. The lowest BCUT2D eigenvalue weighted by atomic mass is 10.0. The van der Waals surface area contributed by atoms with E-state index in [-0.39, 0.29) is 11.7 Å². The molecule has 28 heavy (non-hydrogen) atoms. The minimum atomic E-state index is -0.757. The molecule has 144 valence electrons. The number of ether oxygens (including phenoxy) is 1. The van der Waals surface area contributed by atoms with Crippen LogP contribution in [0.15, 0.2) is 48.0 Å². The number of benzene rings is 2. The van der Waals surface area contributed by atoms with E-state index < -0.39 is 17.8 Å². The molecule has 0 atom stereocenters. The molecule has 0 aliphatic carbocycles. The van der Waals surface area contributed by atoms with Crippen LogP contribution in [0.5, 0.6) is 5.75 Å². The van der Waals surface area contributed by atoms with E-state index in [1.807, 2.05) is 39.0 Å². The van der Waals surface area contributed by atoms with Gasteiger partial charge in [0.2, 0.25) is 0 Å². The highest BCUT2D eigenvalue weighted by Gasteiger charge is 2.37. The molecule has 2 aromatic carbocycles. The SMILES string of the molecule is Cc1ccc(C)c(N2C(=O)NC(=O)/C(=C\c3ccccc3OC(C)C)C2=O)c1. The Morgan fingerprint density at radius 1 is 1.04 bits per heavy atom. The maximum Gasteiger partial charge on any atom is 0.335 e. The van der Waals surface area contributed by atoms with Gasteiger partial charge in [-0.05, 0) is 57.0 Å². The van der Waals surface area contributed by atoms with Crippen molar-refractivity contribution in [2.24, 2.45) is 0 Å². The normalized spacial score (nSPS) is 16.0. The smallest absolute Gasteiger partial charge is 0.335 e. The van der Waals surface area contributed by atoms with Crippen molar-refractivity contribution in [1.29, 1.82) is 0 Å². The Hall–Kier alpha value is -3.41. The van der Waals surface area contributed by atoms with Crippen LogP contribution in [0.25, 0.3) is 6.08 Å². The van der Waals surface area contributed by atoms with Crippen molar-refractivity contribution in [3.8, 4) is 5.75 Å². The Kier molecular flexibility index (Phi) is 5.31. The minimum absolute atomic E-state index is 0.0662. The monoisotopic (exact) mass is 378 g/mol. The van der Waals surface area contributed by atoms with Crippen LogP contribution in [0.1, 0.15) is 30.5 Å². The third-order valence-corrected chi connectivity index (χ3v) is 4.29. The van der Waals surface area contributed by atoms with Gasteiger partial charge in [0.1, 0.15) is 11.3 Å². The number of rotatable bonds is 4. The minimum Gasteiger partial charge on any atom is -0.490 e. The van der Waals surface area contributed by atoms with Gasteiger partial charge in [0.15, 0.2) is 0 Å². The number of urea groups is 1. The summed E-state index contributed by atoms with van der Waals surface area (Å²) in [6.45, 7) is 7.46. The largest absolute Gasteiger partial charge is 0.490 e. The number of hydrogen-bond donors (Lipinski definition) is 1. The molecule has 3 rings (SSSR count). The van der Waals surface area contributed by atoms with Gasteiger partial charge in [0.25, 0.3) is 11.8 Å². The average Bonchev–Trinajstić information content (AvgIpc) is 2.62. The van der Waals surface area contributed by atoms with E-state index in [4.69, 9.17) is 4.74 Å². The number of nitrogens with zero attached hydrogens (tertiary/aromatic N) is 1. The van der Waals surface area contributed by atoms with E-state index in [0.717, 1.165) is 16.0 Å². The second-order valence-electron chi connectivity index (χ2n) is 6.95. The molecule has 0 spiro atoms. The number of carbonyl (C=O) groups excluding carboxylic acids is 3.